The van der Waals surface area contributed by atoms with Crippen molar-refractivity contribution in [3.63, 3.8) is 0 Å². The third-order valence-corrected chi connectivity index (χ3v) is 4.45. The van der Waals surface area contributed by atoms with Gasteiger partial charge in [-0.05, 0) is 44.9 Å². The number of hydrogen-bond donors (Lipinski definition) is 2. The van der Waals surface area contributed by atoms with Gasteiger partial charge in [-0.3, -0.25) is 4.79 Å². The van der Waals surface area contributed by atoms with Crippen LogP contribution in [0.2, 0.25) is 4.34 Å². The molecule has 17 heavy (non-hydrogen) atoms. The molecule has 1 aliphatic heterocycles. The second kappa shape index (κ2) is 5.38. The van der Waals surface area contributed by atoms with Crippen LogP contribution in [0.5, 0.6) is 0 Å². The van der Waals surface area contributed by atoms with Crippen LogP contribution in [0, 0.1) is 0 Å². The molecule has 0 aromatic carbocycles. The van der Waals surface area contributed by atoms with E-state index in [1.165, 1.54) is 4.88 Å². The number of carbonyl (C=O) groups excluding carboxylic acids is 1. The molecule has 1 saturated heterocycles. The molecule has 1 aliphatic rings. The smallest absolute Gasteiger partial charge is 0.240 e. The monoisotopic (exact) mass is 272 g/mol. The summed E-state index contributed by atoms with van der Waals surface area (Å²) in [4.78, 5) is 13.2. The molecule has 1 fully saturated rings. The van der Waals surface area contributed by atoms with Gasteiger partial charge in [-0.25, -0.2) is 0 Å². The van der Waals surface area contributed by atoms with Gasteiger partial charge in [0.25, 0.3) is 0 Å². The molecule has 5 heteroatoms. The third kappa shape index (κ3) is 3.21. The SMILES string of the molecule is CC1(C(=O)NCCc2ccc(Cl)s2)CCCN1. The van der Waals surface area contributed by atoms with Gasteiger partial charge in [0.05, 0.1) is 9.88 Å². The Kier molecular flexibility index (Phi) is 4.07. The van der Waals surface area contributed by atoms with Crippen LogP contribution in [-0.2, 0) is 11.2 Å². The zero-order valence-corrected chi connectivity index (χ0v) is 11.5. The molecule has 1 aromatic heterocycles. The zero-order chi connectivity index (χ0) is 12.3. The summed E-state index contributed by atoms with van der Waals surface area (Å²) >= 11 is 7.42. The third-order valence-electron chi connectivity index (χ3n) is 3.16. The Morgan fingerprint density at radius 3 is 3.06 bits per heavy atom. The highest BCUT2D eigenvalue weighted by Crippen LogP contribution is 2.22. The molecule has 94 valence electrons. The molecular formula is C12H17ClN2OS. The van der Waals surface area contributed by atoms with Gasteiger partial charge in [-0.1, -0.05) is 11.6 Å². The Morgan fingerprint density at radius 1 is 1.65 bits per heavy atom. The first kappa shape index (κ1) is 12.9. The van der Waals surface area contributed by atoms with E-state index >= 15 is 0 Å². The van der Waals surface area contributed by atoms with Crippen molar-refractivity contribution in [2.75, 3.05) is 13.1 Å². The second-order valence-corrected chi connectivity index (χ2v) is 6.37. The van der Waals surface area contributed by atoms with Gasteiger partial charge in [-0.15, -0.1) is 11.3 Å². The molecular weight excluding hydrogens is 256 g/mol. The van der Waals surface area contributed by atoms with Crippen molar-refractivity contribution in [3.8, 4) is 0 Å². The van der Waals surface area contributed by atoms with Crippen LogP contribution in [-0.4, -0.2) is 24.5 Å². The van der Waals surface area contributed by atoms with Crippen LogP contribution in [0.3, 0.4) is 0 Å². The summed E-state index contributed by atoms with van der Waals surface area (Å²) in [6, 6.07) is 3.90. The van der Waals surface area contributed by atoms with Gasteiger partial charge >= 0.3 is 0 Å². The lowest BCUT2D eigenvalue weighted by atomic mass is 9.99. The average molecular weight is 273 g/mol. The first-order valence-corrected chi connectivity index (χ1v) is 7.07. The van der Waals surface area contributed by atoms with Crippen molar-refractivity contribution < 1.29 is 4.79 Å². The van der Waals surface area contributed by atoms with Crippen LogP contribution in [0.1, 0.15) is 24.6 Å². The first-order chi connectivity index (χ1) is 8.10. The van der Waals surface area contributed by atoms with E-state index in [9.17, 15) is 4.79 Å². The number of hydrogen-bond acceptors (Lipinski definition) is 3. The Hall–Kier alpha value is -0.580. The zero-order valence-electron chi connectivity index (χ0n) is 9.88. The Bertz CT molecular complexity index is 399. The topological polar surface area (TPSA) is 41.1 Å². The minimum atomic E-state index is -0.368. The van der Waals surface area contributed by atoms with E-state index in [2.05, 4.69) is 10.6 Å². The highest BCUT2D eigenvalue weighted by Gasteiger charge is 2.35. The van der Waals surface area contributed by atoms with Crippen molar-refractivity contribution in [3.05, 3.63) is 21.3 Å². The molecule has 1 aromatic rings. The van der Waals surface area contributed by atoms with Gasteiger partial charge in [0.15, 0.2) is 0 Å². The van der Waals surface area contributed by atoms with Crippen molar-refractivity contribution >= 4 is 28.8 Å². The molecule has 2 N–H and O–H groups in total. The van der Waals surface area contributed by atoms with Crippen LogP contribution in [0.15, 0.2) is 12.1 Å². The van der Waals surface area contributed by atoms with E-state index in [4.69, 9.17) is 11.6 Å². The van der Waals surface area contributed by atoms with Crippen molar-refractivity contribution in [1.82, 2.24) is 10.6 Å². The lowest BCUT2D eigenvalue weighted by Gasteiger charge is -2.22. The van der Waals surface area contributed by atoms with Crippen molar-refractivity contribution in [2.45, 2.75) is 31.7 Å². The van der Waals surface area contributed by atoms with Gasteiger partial charge < -0.3 is 10.6 Å². The number of halogens is 1. The van der Waals surface area contributed by atoms with Gasteiger partial charge in [0, 0.05) is 11.4 Å². The van der Waals surface area contributed by atoms with Crippen molar-refractivity contribution in [1.29, 1.82) is 0 Å². The minimum Gasteiger partial charge on any atom is -0.354 e. The summed E-state index contributed by atoms with van der Waals surface area (Å²) in [5, 5.41) is 6.24. The van der Waals surface area contributed by atoms with Gasteiger partial charge in [-0.2, -0.15) is 0 Å². The summed E-state index contributed by atoms with van der Waals surface area (Å²) < 4.78 is 0.802. The molecule has 1 unspecified atom stereocenters. The van der Waals surface area contributed by atoms with Gasteiger partial charge in [0.1, 0.15) is 0 Å². The van der Waals surface area contributed by atoms with E-state index in [1.54, 1.807) is 11.3 Å². The molecule has 1 atom stereocenters. The highest BCUT2D eigenvalue weighted by molar-refractivity contribution is 7.16. The lowest BCUT2D eigenvalue weighted by Crippen LogP contribution is -2.51. The number of rotatable bonds is 4. The maximum atomic E-state index is 12.0. The second-order valence-electron chi connectivity index (χ2n) is 4.57. The molecule has 2 rings (SSSR count). The molecule has 0 spiro atoms. The predicted molar refractivity (Wildman–Crippen MR) is 71.7 cm³/mol. The average Bonchev–Trinajstić information content (AvgIpc) is 2.89. The first-order valence-electron chi connectivity index (χ1n) is 5.88. The molecule has 0 bridgehead atoms. The maximum absolute atomic E-state index is 12.0. The van der Waals surface area contributed by atoms with E-state index < -0.39 is 0 Å². The standard InChI is InChI=1S/C12H17ClN2OS/c1-12(6-2-7-15-12)11(16)14-8-5-9-3-4-10(13)17-9/h3-4,15H,2,5-8H2,1H3,(H,14,16). The Morgan fingerprint density at radius 2 is 2.47 bits per heavy atom. The predicted octanol–water partition coefficient (Wildman–Crippen LogP) is 2.20. The Labute approximate surface area is 111 Å². The van der Waals surface area contributed by atoms with Crippen molar-refractivity contribution in [2.24, 2.45) is 0 Å². The lowest BCUT2D eigenvalue weighted by molar-refractivity contribution is -0.126. The quantitative estimate of drug-likeness (QED) is 0.882. The Balaban J connectivity index is 1.77. The molecule has 0 saturated carbocycles. The fraction of sp³-hybridized carbons (Fsp3) is 0.583. The molecule has 0 radical (unpaired) electrons. The van der Waals surface area contributed by atoms with E-state index in [0.717, 1.165) is 30.1 Å². The molecule has 1 amide bonds. The number of nitrogens with one attached hydrogen (secondary N) is 2. The summed E-state index contributed by atoms with van der Waals surface area (Å²) in [5.74, 6) is 0.109. The largest absolute Gasteiger partial charge is 0.354 e. The van der Waals surface area contributed by atoms with Crippen LogP contribution in [0.25, 0.3) is 0 Å². The fourth-order valence-corrected chi connectivity index (χ4v) is 3.16. The minimum absolute atomic E-state index is 0.109. The van der Waals surface area contributed by atoms with Crippen LogP contribution in [0.4, 0.5) is 0 Å². The fourth-order valence-electron chi connectivity index (χ4n) is 2.07. The molecule has 0 aliphatic carbocycles. The highest BCUT2D eigenvalue weighted by atomic mass is 35.5. The van der Waals surface area contributed by atoms with Crippen LogP contribution >= 0.6 is 22.9 Å². The normalized spacial score (nSPS) is 23.9. The van der Waals surface area contributed by atoms with Gasteiger partial charge in [0.2, 0.25) is 5.91 Å². The maximum Gasteiger partial charge on any atom is 0.240 e. The summed E-state index contributed by atoms with van der Waals surface area (Å²) in [6.07, 6.45) is 2.84. The number of thiophene rings is 1. The van der Waals surface area contributed by atoms with E-state index in [-0.39, 0.29) is 11.4 Å². The molecule has 2 heterocycles. The summed E-state index contributed by atoms with van der Waals surface area (Å²) in [7, 11) is 0. The molecule has 3 nitrogen and oxygen atoms in total. The van der Waals surface area contributed by atoms with E-state index in [1.807, 2.05) is 19.1 Å². The van der Waals surface area contributed by atoms with E-state index in [0.29, 0.717) is 6.54 Å². The van der Waals surface area contributed by atoms with Crippen LogP contribution < -0.4 is 10.6 Å². The number of carbonyl (C=O) groups is 1. The number of amides is 1. The summed E-state index contributed by atoms with van der Waals surface area (Å²) in [5.41, 5.74) is -0.368. The summed E-state index contributed by atoms with van der Waals surface area (Å²) in [6.45, 7) is 3.58.